The molecule has 0 aliphatic rings. The van der Waals surface area contributed by atoms with Crippen LogP contribution in [0.2, 0.25) is 0 Å². The molecular weight excluding hydrogens is 450 g/mol. The van der Waals surface area contributed by atoms with Gasteiger partial charge in [-0.2, -0.15) is 0 Å². The Morgan fingerprint density at radius 2 is 1.51 bits per heavy atom. The Balaban J connectivity index is 1.85. The molecule has 0 fully saturated rings. The highest BCUT2D eigenvalue weighted by Crippen LogP contribution is 2.16. The fourth-order valence-corrected chi connectivity index (χ4v) is 3.02. The Morgan fingerprint density at radius 1 is 0.914 bits per heavy atom. The van der Waals surface area contributed by atoms with Crippen LogP contribution in [0, 0.1) is 17.0 Å². The van der Waals surface area contributed by atoms with E-state index in [4.69, 9.17) is 4.74 Å². The van der Waals surface area contributed by atoms with Crippen LogP contribution in [-0.4, -0.2) is 29.3 Å². The molecule has 0 spiro atoms. The predicted molar refractivity (Wildman–Crippen MR) is 131 cm³/mol. The van der Waals surface area contributed by atoms with Gasteiger partial charge in [0.2, 0.25) is 0 Å². The Bertz CT molecular complexity index is 1260. The van der Waals surface area contributed by atoms with Gasteiger partial charge in [-0.25, -0.2) is 4.79 Å². The number of anilines is 1. The number of ether oxygens (including phenoxy) is 1. The fraction of sp³-hybridized carbons (Fsp3) is 0.115. The highest BCUT2D eigenvalue weighted by molar-refractivity contribution is 6.10. The van der Waals surface area contributed by atoms with Crippen molar-refractivity contribution in [2.24, 2.45) is 0 Å². The van der Waals surface area contributed by atoms with Crippen molar-refractivity contribution in [1.29, 1.82) is 0 Å². The molecule has 3 aromatic rings. The number of nitro groups is 1. The standard InChI is InChI=1S/C26H23N3O6/c1-3-35-26(32)20-10-12-21(13-11-20)27-25(31)23(16-18-6-14-22(15-7-18)29(33)34)28-24(30)19-8-4-17(2)5-9-19/h4-16H,3H2,1-2H3,(H,27,31)(H,28,30). The van der Waals surface area contributed by atoms with Gasteiger partial charge in [0.1, 0.15) is 5.70 Å². The first kappa shape index (κ1) is 24.8. The van der Waals surface area contributed by atoms with Gasteiger partial charge in [-0.1, -0.05) is 17.7 Å². The van der Waals surface area contributed by atoms with Crippen molar-refractivity contribution in [3.8, 4) is 0 Å². The van der Waals surface area contributed by atoms with Gasteiger partial charge in [-0.05, 0) is 74.0 Å². The minimum absolute atomic E-state index is 0.0705. The molecule has 2 N–H and O–H groups in total. The monoisotopic (exact) mass is 473 g/mol. The summed E-state index contributed by atoms with van der Waals surface area (Å²) in [5.74, 6) is -1.59. The number of carbonyl (C=O) groups is 3. The maximum absolute atomic E-state index is 13.0. The number of hydrogen-bond donors (Lipinski definition) is 2. The molecule has 0 radical (unpaired) electrons. The smallest absolute Gasteiger partial charge is 0.338 e. The maximum atomic E-state index is 13.0. The first-order valence-electron chi connectivity index (χ1n) is 10.7. The average molecular weight is 473 g/mol. The van der Waals surface area contributed by atoms with Gasteiger partial charge < -0.3 is 15.4 Å². The van der Waals surface area contributed by atoms with E-state index in [1.165, 1.54) is 54.6 Å². The molecule has 0 heterocycles. The first-order valence-corrected chi connectivity index (χ1v) is 10.7. The number of hydrogen-bond acceptors (Lipinski definition) is 6. The van der Waals surface area contributed by atoms with E-state index in [0.717, 1.165) is 5.56 Å². The van der Waals surface area contributed by atoms with E-state index in [2.05, 4.69) is 10.6 Å². The highest BCUT2D eigenvalue weighted by atomic mass is 16.6. The van der Waals surface area contributed by atoms with E-state index in [1.54, 1.807) is 31.2 Å². The molecule has 3 aromatic carbocycles. The summed E-state index contributed by atoms with van der Waals surface area (Å²) in [4.78, 5) is 48.0. The van der Waals surface area contributed by atoms with Crippen LogP contribution < -0.4 is 10.6 Å². The molecule has 0 bridgehead atoms. The minimum atomic E-state index is -0.618. The van der Waals surface area contributed by atoms with Crippen LogP contribution in [0.1, 0.15) is 38.8 Å². The summed E-state index contributed by atoms with van der Waals surface area (Å²) in [5, 5.41) is 16.2. The number of non-ortho nitro benzene ring substituents is 1. The SMILES string of the molecule is CCOC(=O)c1ccc(NC(=O)C(=Cc2ccc([N+](=O)[O-])cc2)NC(=O)c2ccc(C)cc2)cc1. The normalized spacial score (nSPS) is 10.9. The topological polar surface area (TPSA) is 128 Å². The van der Waals surface area contributed by atoms with Crippen molar-refractivity contribution in [2.45, 2.75) is 13.8 Å². The van der Waals surface area contributed by atoms with Crippen LogP contribution in [0.4, 0.5) is 11.4 Å². The average Bonchev–Trinajstić information content (AvgIpc) is 2.85. The third kappa shape index (κ3) is 6.84. The zero-order valence-electron chi connectivity index (χ0n) is 19.1. The first-order chi connectivity index (χ1) is 16.8. The van der Waals surface area contributed by atoms with Crippen molar-refractivity contribution in [1.82, 2.24) is 5.32 Å². The van der Waals surface area contributed by atoms with Crippen molar-refractivity contribution in [3.05, 3.63) is 111 Å². The van der Waals surface area contributed by atoms with E-state index < -0.39 is 22.7 Å². The van der Waals surface area contributed by atoms with E-state index in [-0.39, 0.29) is 18.0 Å². The summed E-state index contributed by atoms with van der Waals surface area (Å²) in [6.45, 7) is 3.84. The third-order valence-corrected chi connectivity index (χ3v) is 4.88. The Morgan fingerprint density at radius 3 is 2.09 bits per heavy atom. The zero-order valence-corrected chi connectivity index (χ0v) is 19.1. The molecule has 178 valence electrons. The number of aryl methyl sites for hydroxylation is 1. The number of amides is 2. The summed E-state index contributed by atoms with van der Waals surface area (Å²) in [6, 6.07) is 18.5. The van der Waals surface area contributed by atoms with Crippen LogP contribution in [-0.2, 0) is 9.53 Å². The van der Waals surface area contributed by atoms with Gasteiger partial charge in [-0.15, -0.1) is 0 Å². The summed E-state index contributed by atoms with van der Waals surface area (Å²) >= 11 is 0. The second-order valence-electron chi connectivity index (χ2n) is 7.48. The van der Waals surface area contributed by atoms with E-state index in [1.807, 2.05) is 6.92 Å². The maximum Gasteiger partial charge on any atom is 0.338 e. The third-order valence-electron chi connectivity index (χ3n) is 4.88. The predicted octanol–water partition coefficient (Wildman–Crippen LogP) is 4.49. The quantitative estimate of drug-likeness (QED) is 0.215. The fourth-order valence-electron chi connectivity index (χ4n) is 3.02. The molecule has 0 unspecified atom stereocenters. The number of benzene rings is 3. The molecule has 0 atom stereocenters. The lowest BCUT2D eigenvalue weighted by Crippen LogP contribution is -2.30. The highest BCUT2D eigenvalue weighted by Gasteiger charge is 2.16. The van der Waals surface area contributed by atoms with Crippen LogP contribution in [0.15, 0.2) is 78.5 Å². The van der Waals surface area contributed by atoms with E-state index >= 15 is 0 Å². The molecule has 0 saturated carbocycles. The van der Waals surface area contributed by atoms with Crippen LogP contribution in [0.5, 0.6) is 0 Å². The van der Waals surface area contributed by atoms with E-state index in [9.17, 15) is 24.5 Å². The Kier molecular flexibility index (Phi) is 8.07. The molecule has 3 rings (SSSR count). The molecule has 0 aliphatic carbocycles. The van der Waals surface area contributed by atoms with Gasteiger partial charge in [-0.3, -0.25) is 19.7 Å². The lowest BCUT2D eigenvalue weighted by molar-refractivity contribution is -0.384. The van der Waals surface area contributed by atoms with Gasteiger partial charge in [0.15, 0.2) is 0 Å². The van der Waals surface area contributed by atoms with Crippen molar-refractivity contribution in [2.75, 3.05) is 11.9 Å². The van der Waals surface area contributed by atoms with Crippen LogP contribution in [0.3, 0.4) is 0 Å². The molecule has 9 nitrogen and oxygen atoms in total. The number of rotatable bonds is 8. The van der Waals surface area contributed by atoms with Crippen molar-refractivity contribution in [3.63, 3.8) is 0 Å². The zero-order chi connectivity index (χ0) is 25.4. The number of carbonyl (C=O) groups excluding carboxylic acids is 3. The number of nitrogens with zero attached hydrogens (tertiary/aromatic N) is 1. The molecular formula is C26H23N3O6. The lowest BCUT2D eigenvalue weighted by atomic mass is 10.1. The largest absolute Gasteiger partial charge is 0.462 e. The van der Waals surface area contributed by atoms with Gasteiger partial charge in [0, 0.05) is 23.4 Å². The summed E-state index contributed by atoms with van der Waals surface area (Å²) in [5.41, 5.74) is 2.37. The molecule has 35 heavy (non-hydrogen) atoms. The molecule has 0 saturated heterocycles. The molecule has 0 aliphatic heterocycles. The summed E-state index contributed by atoms with van der Waals surface area (Å²) in [6.07, 6.45) is 1.41. The van der Waals surface area contributed by atoms with Gasteiger partial charge in [0.05, 0.1) is 17.1 Å². The van der Waals surface area contributed by atoms with Crippen LogP contribution >= 0.6 is 0 Å². The van der Waals surface area contributed by atoms with E-state index in [0.29, 0.717) is 22.4 Å². The molecule has 0 aromatic heterocycles. The van der Waals surface area contributed by atoms with Gasteiger partial charge in [0.25, 0.3) is 17.5 Å². The number of esters is 1. The summed E-state index contributed by atoms with van der Waals surface area (Å²) < 4.78 is 4.94. The second-order valence-corrected chi connectivity index (χ2v) is 7.48. The minimum Gasteiger partial charge on any atom is -0.462 e. The van der Waals surface area contributed by atoms with Crippen molar-refractivity contribution < 1.29 is 24.0 Å². The number of nitro benzene ring substituents is 1. The summed E-state index contributed by atoms with van der Waals surface area (Å²) in [7, 11) is 0. The molecule has 2 amide bonds. The van der Waals surface area contributed by atoms with Crippen molar-refractivity contribution >= 4 is 35.2 Å². The lowest BCUT2D eigenvalue weighted by Gasteiger charge is -2.12. The Labute approximate surface area is 201 Å². The Hall–Kier alpha value is -4.79. The second kappa shape index (κ2) is 11.4. The van der Waals surface area contributed by atoms with Gasteiger partial charge >= 0.3 is 5.97 Å². The van der Waals surface area contributed by atoms with Crippen LogP contribution in [0.25, 0.3) is 6.08 Å². The molecule has 9 heteroatoms. The number of nitrogens with one attached hydrogen (secondary N) is 2.